The normalized spacial score (nSPS) is 21.7. The van der Waals surface area contributed by atoms with Crippen molar-refractivity contribution in [3.8, 4) is 0 Å². The number of nitrogens with two attached hydrogens (primary N) is 1. The van der Waals surface area contributed by atoms with E-state index in [-0.39, 0.29) is 12.2 Å². The summed E-state index contributed by atoms with van der Waals surface area (Å²) in [5.74, 6) is -2.63. The first-order valence-electron chi connectivity index (χ1n) is 6.59. The fourth-order valence-corrected chi connectivity index (χ4v) is 2.60. The second-order valence-electron chi connectivity index (χ2n) is 5.37. The topological polar surface area (TPSA) is 76.5 Å². The maximum atomic E-state index is 13.6. The van der Waals surface area contributed by atoms with E-state index in [0.29, 0.717) is 23.6 Å². The van der Waals surface area contributed by atoms with Crippen LogP contribution in [-0.2, 0) is 0 Å². The second kappa shape index (κ2) is 4.73. The van der Waals surface area contributed by atoms with Gasteiger partial charge in [-0.25, -0.2) is 18.3 Å². The lowest BCUT2D eigenvalue weighted by Crippen LogP contribution is -2.52. The molecule has 8 heteroatoms. The number of hydrogen-bond donors (Lipinski definition) is 1. The molecule has 0 radical (unpaired) electrons. The molecule has 3 rings (SSSR count). The van der Waals surface area contributed by atoms with Crippen LogP contribution in [0.1, 0.15) is 23.7 Å². The number of anilines is 1. The number of piperidine rings is 1. The van der Waals surface area contributed by atoms with Crippen LogP contribution >= 0.6 is 0 Å². The Morgan fingerprint density at radius 2 is 2.29 bits per heavy atom. The molecule has 0 saturated carbocycles. The summed E-state index contributed by atoms with van der Waals surface area (Å²) in [7, 11) is 0. The van der Waals surface area contributed by atoms with Crippen molar-refractivity contribution in [1.82, 2.24) is 14.6 Å². The molecule has 0 bridgehead atoms. The molecule has 0 aliphatic carbocycles. The van der Waals surface area contributed by atoms with E-state index in [1.165, 1.54) is 22.5 Å². The number of Topliss-reactive ketones (excluding diaryl/α,β-unsaturated/α-hetero) is 1. The van der Waals surface area contributed by atoms with Crippen molar-refractivity contribution in [2.24, 2.45) is 5.73 Å². The Morgan fingerprint density at radius 1 is 1.52 bits per heavy atom. The molecule has 2 N–H and O–H groups in total. The number of fused-ring (bicyclic) bond motifs is 1. The van der Waals surface area contributed by atoms with E-state index < -0.39 is 18.5 Å². The molecule has 1 atom stereocenters. The zero-order chi connectivity index (χ0) is 15.2. The van der Waals surface area contributed by atoms with Crippen LogP contribution in [0.15, 0.2) is 18.5 Å². The van der Waals surface area contributed by atoms with Gasteiger partial charge in [-0.05, 0) is 13.0 Å². The van der Waals surface area contributed by atoms with Crippen molar-refractivity contribution in [3.63, 3.8) is 0 Å². The maximum Gasteiger partial charge on any atom is 0.266 e. The number of halogens is 2. The van der Waals surface area contributed by atoms with Gasteiger partial charge in [-0.15, -0.1) is 0 Å². The summed E-state index contributed by atoms with van der Waals surface area (Å²) < 4.78 is 28.7. The lowest BCUT2D eigenvalue weighted by Gasteiger charge is -2.36. The number of carbonyl (C=O) groups excluding carboxylic acids is 1. The third kappa shape index (κ3) is 2.58. The van der Waals surface area contributed by atoms with E-state index in [0.717, 1.165) is 0 Å². The average molecular weight is 295 g/mol. The SMILES string of the molecule is CC(=O)c1cnn2ccc(N3C[C@H](N)CC(F)(F)C3)nc12. The molecule has 112 valence electrons. The van der Waals surface area contributed by atoms with Gasteiger partial charge in [0.1, 0.15) is 5.82 Å². The monoisotopic (exact) mass is 295 g/mol. The summed E-state index contributed by atoms with van der Waals surface area (Å²) in [6, 6.07) is 0.988. The van der Waals surface area contributed by atoms with Gasteiger partial charge in [-0.3, -0.25) is 4.79 Å². The number of ketones is 1. The van der Waals surface area contributed by atoms with E-state index in [9.17, 15) is 13.6 Å². The van der Waals surface area contributed by atoms with Gasteiger partial charge < -0.3 is 10.6 Å². The summed E-state index contributed by atoms with van der Waals surface area (Å²) in [5, 5.41) is 4.01. The molecule has 3 heterocycles. The minimum atomic E-state index is -2.84. The first-order chi connectivity index (χ1) is 9.85. The van der Waals surface area contributed by atoms with E-state index in [1.807, 2.05) is 0 Å². The fraction of sp³-hybridized carbons (Fsp3) is 0.462. The highest BCUT2D eigenvalue weighted by molar-refractivity contribution is 5.99. The zero-order valence-electron chi connectivity index (χ0n) is 11.5. The first-order valence-corrected chi connectivity index (χ1v) is 6.59. The standard InChI is InChI=1S/C13H15F2N5O/c1-8(21)10-5-17-20-3-2-11(18-12(10)20)19-6-9(16)4-13(14,15)7-19/h2-3,5,9H,4,6-7,16H2,1H3/t9-/m1/s1. The van der Waals surface area contributed by atoms with E-state index >= 15 is 0 Å². The molecule has 1 fully saturated rings. The maximum absolute atomic E-state index is 13.6. The Kier molecular flexibility index (Phi) is 3.12. The number of nitrogens with zero attached hydrogens (tertiary/aromatic N) is 4. The molecule has 0 aromatic carbocycles. The molecule has 1 aliphatic heterocycles. The summed E-state index contributed by atoms with van der Waals surface area (Å²) in [4.78, 5) is 17.3. The van der Waals surface area contributed by atoms with Crippen LogP contribution in [0.5, 0.6) is 0 Å². The van der Waals surface area contributed by atoms with Crippen molar-refractivity contribution < 1.29 is 13.6 Å². The van der Waals surface area contributed by atoms with Crippen LogP contribution in [0.2, 0.25) is 0 Å². The predicted octanol–water partition coefficient (Wildman–Crippen LogP) is 1.10. The summed E-state index contributed by atoms with van der Waals surface area (Å²) >= 11 is 0. The Balaban J connectivity index is 2.00. The molecule has 0 spiro atoms. The van der Waals surface area contributed by atoms with Crippen molar-refractivity contribution >= 4 is 17.2 Å². The molecule has 1 aliphatic rings. The lowest BCUT2D eigenvalue weighted by molar-refractivity contribution is -0.0174. The largest absolute Gasteiger partial charge is 0.349 e. The Hall–Kier alpha value is -2.09. The van der Waals surface area contributed by atoms with E-state index in [1.54, 1.807) is 12.3 Å². The molecule has 6 nitrogen and oxygen atoms in total. The fourth-order valence-electron chi connectivity index (χ4n) is 2.60. The van der Waals surface area contributed by atoms with Gasteiger partial charge in [0.25, 0.3) is 5.92 Å². The highest BCUT2D eigenvalue weighted by Crippen LogP contribution is 2.29. The van der Waals surface area contributed by atoms with Gasteiger partial charge in [-0.1, -0.05) is 0 Å². The van der Waals surface area contributed by atoms with Crippen molar-refractivity contribution in [1.29, 1.82) is 0 Å². The van der Waals surface area contributed by atoms with Crippen LogP contribution in [0, 0.1) is 0 Å². The molecule has 21 heavy (non-hydrogen) atoms. The zero-order valence-corrected chi connectivity index (χ0v) is 11.5. The number of rotatable bonds is 2. The minimum Gasteiger partial charge on any atom is -0.349 e. The van der Waals surface area contributed by atoms with Crippen LogP contribution in [0.4, 0.5) is 14.6 Å². The van der Waals surface area contributed by atoms with Crippen molar-refractivity contribution in [2.45, 2.75) is 25.3 Å². The van der Waals surface area contributed by atoms with E-state index in [2.05, 4.69) is 10.1 Å². The van der Waals surface area contributed by atoms with Gasteiger partial charge in [-0.2, -0.15) is 5.10 Å². The molecule has 2 aromatic rings. The predicted molar refractivity (Wildman–Crippen MR) is 72.7 cm³/mol. The summed E-state index contributed by atoms with van der Waals surface area (Å²) in [5.41, 5.74) is 6.42. The number of aromatic nitrogens is 3. The number of alkyl halides is 2. The van der Waals surface area contributed by atoms with Crippen LogP contribution in [-0.4, -0.2) is 45.4 Å². The van der Waals surface area contributed by atoms with Gasteiger partial charge in [0.05, 0.1) is 18.3 Å². The highest BCUT2D eigenvalue weighted by Gasteiger charge is 2.39. The van der Waals surface area contributed by atoms with Crippen molar-refractivity contribution in [2.75, 3.05) is 18.0 Å². The smallest absolute Gasteiger partial charge is 0.266 e. The van der Waals surface area contributed by atoms with Crippen molar-refractivity contribution in [3.05, 3.63) is 24.0 Å². The van der Waals surface area contributed by atoms with Crippen LogP contribution in [0.3, 0.4) is 0 Å². The Morgan fingerprint density at radius 3 is 2.95 bits per heavy atom. The van der Waals surface area contributed by atoms with Gasteiger partial charge >= 0.3 is 0 Å². The quantitative estimate of drug-likeness (QED) is 0.840. The Labute approximate surface area is 119 Å². The lowest BCUT2D eigenvalue weighted by atomic mass is 10.0. The number of hydrogen-bond acceptors (Lipinski definition) is 5. The number of carbonyl (C=O) groups is 1. The molecule has 0 unspecified atom stereocenters. The highest BCUT2D eigenvalue weighted by atomic mass is 19.3. The molecular weight excluding hydrogens is 280 g/mol. The van der Waals surface area contributed by atoms with Gasteiger partial charge in [0.15, 0.2) is 11.4 Å². The summed E-state index contributed by atoms with van der Waals surface area (Å²) in [6.07, 6.45) is 2.70. The second-order valence-corrected chi connectivity index (χ2v) is 5.37. The molecular formula is C13H15F2N5O. The first kappa shape index (κ1) is 13.9. The van der Waals surface area contributed by atoms with E-state index in [4.69, 9.17) is 5.73 Å². The van der Waals surface area contributed by atoms with Crippen LogP contribution in [0.25, 0.3) is 5.65 Å². The molecule has 0 amide bonds. The third-order valence-electron chi connectivity index (χ3n) is 3.50. The minimum absolute atomic E-state index is 0.171. The third-order valence-corrected chi connectivity index (χ3v) is 3.50. The van der Waals surface area contributed by atoms with Gasteiger partial charge in [0, 0.05) is 25.2 Å². The van der Waals surface area contributed by atoms with Crippen LogP contribution < -0.4 is 10.6 Å². The molecule has 2 aromatic heterocycles. The average Bonchev–Trinajstić information content (AvgIpc) is 2.78. The Bertz CT molecular complexity index is 699. The molecule has 1 saturated heterocycles. The van der Waals surface area contributed by atoms with Gasteiger partial charge in [0.2, 0.25) is 0 Å². The summed E-state index contributed by atoms with van der Waals surface area (Å²) in [6.45, 7) is 1.30.